The second kappa shape index (κ2) is 12.8. The fourth-order valence-electron chi connectivity index (χ4n) is 5.82. The molecule has 2 saturated heterocycles. The number of aromatic nitrogens is 4. The van der Waals surface area contributed by atoms with E-state index in [4.69, 9.17) is 9.26 Å². The number of benzene rings is 1. The van der Waals surface area contributed by atoms with Crippen LogP contribution in [0.25, 0.3) is 0 Å². The van der Waals surface area contributed by atoms with Gasteiger partial charge in [0.15, 0.2) is 5.82 Å². The van der Waals surface area contributed by atoms with E-state index in [0.29, 0.717) is 49.3 Å². The molecular formula is C32H42F2N8O4. The van der Waals surface area contributed by atoms with Gasteiger partial charge in [0, 0.05) is 63.0 Å². The van der Waals surface area contributed by atoms with Gasteiger partial charge in [0.05, 0.1) is 11.6 Å². The van der Waals surface area contributed by atoms with Crippen LogP contribution in [-0.2, 0) is 4.74 Å². The quantitative estimate of drug-likeness (QED) is 0.381. The molecule has 2 aromatic heterocycles. The fraction of sp³-hybridized carbons (Fsp3) is 0.562. The van der Waals surface area contributed by atoms with Crippen molar-refractivity contribution in [1.82, 2.24) is 30.3 Å². The van der Waals surface area contributed by atoms with Gasteiger partial charge < -0.3 is 29.3 Å². The average molecular weight is 641 g/mol. The van der Waals surface area contributed by atoms with Gasteiger partial charge in [-0.2, -0.15) is 4.98 Å². The van der Waals surface area contributed by atoms with Crippen molar-refractivity contribution in [3.8, 4) is 0 Å². The first-order valence-electron chi connectivity index (χ1n) is 15.5. The fourth-order valence-corrected chi connectivity index (χ4v) is 5.82. The lowest BCUT2D eigenvalue weighted by Gasteiger charge is -2.44. The van der Waals surface area contributed by atoms with Crippen LogP contribution in [0.4, 0.5) is 25.5 Å². The number of alkyl carbamates (subject to hydrolysis) is 1. The lowest BCUT2D eigenvalue weighted by molar-refractivity contribution is 0.0501. The highest BCUT2D eigenvalue weighted by atomic mass is 19.1. The van der Waals surface area contributed by atoms with Gasteiger partial charge in [-0.25, -0.2) is 23.5 Å². The average Bonchev–Trinajstić information content (AvgIpc) is 3.65. The van der Waals surface area contributed by atoms with Crippen LogP contribution in [0.5, 0.6) is 0 Å². The maximum Gasteiger partial charge on any atom is 0.407 e. The molecule has 12 nitrogen and oxygen atoms in total. The number of halogens is 2. The molecule has 248 valence electrons. The molecule has 1 aromatic carbocycles. The van der Waals surface area contributed by atoms with Gasteiger partial charge in [-0.3, -0.25) is 4.79 Å². The molecule has 5 rings (SSSR count). The molecule has 4 heterocycles. The normalized spacial score (nSPS) is 19.8. The SMILES string of the molecule is CC(C)c1noc(N2CCC(C)(N(C)C(=O)c3cnc(N4C[C@H](NC(=O)OC(C)(C)C)[C@@H](c5cc(F)ccc5F)C4)nc3)CC2)n1. The topological polar surface area (TPSA) is 130 Å². The Hall–Kier alpha value is -4.36. The summed E-state index contributed by atoms with van der Waals surface area (Å²) in [5.74, 6) is -0.839. The van der Waals surface area contributed by atoms with Crippen LogP contribution < -0.4 is 15.1 Å². The molecule has 2 aliphatic heterocycles. The minimum atomic E-state index is -0.736. The van der Waals surface area contributed by atoms with Gasteiger partial charge in [-0.05, 0) is 64.3 Å². The highest BCUT2D eigenvalue weighted by molar-refractivity contribution is 5.94. The molecule has 0 radical (unpaired) electrons. The standard InChI is InChI=1S/C32H42F2N8O4/c1-19(2)26-38-29(46-39-26)41-12-10-32(6,11-13-41)40(7)27(43)20-15-35-28(36-16-20)42-17-23(22-14-21(33)8-9-24(22)34)25(18-42)37-30(44)45-31(3,4)5/h8-9,14-16,19,23,25H,10-13,17-18H2,1-7H3,(H,37,44)/t23-,25+/m1/s1. The maximum atomic E-state index is 14.9. The largest absolute Gasteiger partial charge is 0.444 e. The van der Waals surface area contributed by atoms with Crippen molar-refractivity contribution in [2.45, 2.75) is 83.4 Å². The van der Waals surface area contributed by atoms with Crippen LogP contribution in [0.1, 0.15) is 88.0 Å². The van der Waals surface area contributed by atoms with Crippen molar-refractivity contribution >= 4 is 24.0 Å². The maximum absolute atomic E-state index is 14.9. The van der Waals surface area contributed by atoms with Crippen LogP contribution in [-0.4, -0.2) is 87.4 Å². The molecule has 2 fully saturated rings. The van der Waals surface area contributed by atoms with E-state index < -0.39 is 40.8 Å². The Morgan fingerprint density at radius 2 is 1.78 bits per heavy atom. The molecule has 2 aliphatic rings. The zero-order chi connectivity index (χ0) is 33.4. The van der Waals surface area contributed by atoms with Crippen molar-refractivity contribution in [1.29, 1.82) is 0 Å². The van der Waals surface area contributed by atoms with Crippen molar-refractivity contribution in [2.24, 2.45) is 0 Å². The summed E-state index contributed by atoms with van der Waals surface area (Å²) in [7, 11) is 1.78. The number of rotatable bonds is 7. The first-order chi connectivity index (χ1) is 21.6. The minimum absolute atomic E-state index is 0.135. The Morgan fingerprint density at radius 1 is 1.11 bits per heavy atom. The van der Waals surface area contributed by atoms with Gasteiger partial charge in [-0.15, -0.1) is 0 Å². The van der Waals surface area contributed by atoms with Crippen molar-refractivity contribution in [3.05, 3.63) is 59.2 Å². The van der Waals surface area contributed by atoms with E-state index in [9.17, 15) is 18.4 Å². The molecule has 3 aromatic rings. The molecular weight excluding hydrogens is 598 g/mol. The van der Waals surface area contributed by atoms with Gasteiger partial charge in [0.1, 0.15) is 17.2 Å². The van der Waals surface area contributed by atoms with Gasteiger partial charge in [-0.1, -0.05) is 19.0 Å². The highest BCUT2D eigenvalue weighted by Crippen LogP contribution is 2.33. The third-order valence-corrected chi connectivity index (χ3v) is 8.72. The van der Waals surface area contributed by atoms with Crippen LogP contribution in [0.2, 0.25) is 0 Å². The first kappa shape index (κ1) is 33.0. The number of amides is 2. The minimum Gasteiger partial charge on any atom is -0.444 e. The summed E-state index contributed by atoms with van der Waals surface area (Å²) in [6.45, 7) is 13.0. The summed E-state index contributed by atoms with van der Waals surface area (Å²) >= 11 is 0. The number of hydrogen-bond acceptors (Lipinski definition) is 10. The second-order valence-electron chi connectivity index (χ2n) is 13.6. The molecule has 14 heteroatoms. The molecule has 46 heavy (non-hydrogen) atoms. The Morgan fingerprint density at radius 3 is 2.39 bits per heavy atom. The molecule has 0 saturated carbocycles. The number of nitrogens with one attached hydrogen (secondary N) is 1. The van der Waals surface area contributed by atoms with E-state index in [0.717, 1.165) is 18.2 Å². The summed E-state index contributed by atoms with van der Waals surface area (Å²) in [6, 6.07) is 3.15. The zero-order valence-electron chi connectivity index (χ0n) is 27.4. The number of carbonyl (C=O) groups is 2. The summed E-state index contributed by atoms with van der Waals surface area (Å²) in [5.41, 5.74) is -0.690. The number of piperidine rings is 1. The Kier molecular flexibility index (Phi) is 9.19. The molecule has 0 aliphatic carbocycles. The van der Waals surface area contributed by atoms with Crippen LogP contribution in [0.15, 0.2) is 35.1 Å². The van der Waals surface area contributed by atoms with Gasteiger partial charge >= 0.3 is 12.1 Å². The number of ether oxygens (including phenoxy) is 1. The molecule has 0 unspecified atom stereocenters. The molecule has 2 amide bonds. The first-order valence-corrected chi connectivity index (χ1v) is 15.5. The van der Waals surface area contributed by atoms with E-state index in [1.54, 1.807) is 37.6 Å². The molecule has 2 atom stereocenters. The molecule has 0 bridgehead atoms. The monoisotopic (exact) mass is 640 g/mol. The van der Waals surface area contributed by atoms with E-state index >= 15 is 0 Å². The summed E-state index contributed by atoms with van der Waals surface area (Å²) in [4.78, 5) is 45.1. The Balaban J connectivity index is 1.26. The van der Waals surface area contributed by atoms with Crippen molar-refractivity contribution in [3.63, 3.8) is 0 Å². The number of nitrogens with zero attached hydrogens (tertiary/aromatic N) is 7. The number of anilines is 2. The summed E-state index contributed by atoms with van der Waals surface area (Å²) < 4.78 is 39.9. The van der Waals surface area contributed by atoms with Crippen molar-refractivity contribution in [2.75, 3.05) is 43.0 Å². The summed E-state index contributed by atoms with van der Waals surface area (Å²) in [6.07, 6.45) is 3.68. The number of hydrogen-bond donors (Lipinski definition) is 1. The lowest BCUT2D eigenvalue weighted by atomic mass is 9.87. The van der Waals surface area contributed by atoms with Gasteiger partial charge in [0.2, 0.25) is 5.95 Å². The highest BCUT2D eigenvalue weighted by Gasteiger charge is 2.40. The van der Waals surface area contributed by atoms with Crippen LogP contribution in [0.3, 0.4) is 0 Å². The van der Waals surface area contributed by atoms with Crippen LogP contribution >= 0.6 is 0 Å². The summed E-state index contributed by atoms with van der Waals surface area (Å²) in [5, 5.41) is 6.87. The number of carbonyl (C=O) groups excluding carboxylic acids is 2. The molecule has 1 N–H and O–H groups in total. The van der Waals surface area contributed by atoms with E-state index in [-0.39, 0.29) is 30.5 Å². The van der Waals surface area contributed by atoms with E-state index in [1.807, 2.05) is 18.7 Å². The van der Waals surface area contributed by atoms with Crippen molar-refractivity contribution < 1.29 is 27.6 Å². The zero-order valence-corrected chi connectivity index (χ0v) is 27.4. The van der Waals surface area contributed by atoms with Gasteiger partial charge in [0.25, 0.3) is 5.91 Å². The van der Waals surface area contributed by atoms with Crippen LogP contribution in [0, 0.1) is 11.6 Å². The predicted octanol–water partition coefficient (Wildman–Crippen LogP) is 4.89. The Labute approximate surface area is 267 Å². The smallest absolute Gasteiger partial charge is 0.407 e. The Bertz CT molecular complexity index is 1550. The second-order valence-corrected chi connectivity index (χ2v) is 13.6. The van der Waals surface area contributed by atoms with E-state index in [1.165, 1.54) is 12.4 Å². The third-order valence-electron chi connectivity index (χ3n) is 8.72. The predicted molar refractivity (Wildman–Crippen MR) is 167 cm³/mol. The van der Waals surface area contributed by atoms with E-state index in [2.05, 4.69) is 32.3 Å². The third kappa shape index (κ3) is 7.20. The lowest BCUT2D eigenvalue weighted by Crippen LogP contribution is -2.54. The molecule has 0 spiro atoms.